The van der Waals surface area contributed by atoms with Gasteiger partial charge in [0.1, 0.15) is 35.3 Å². The van der Waals surface area contributed by atoms with Gasteiger partial charge in [-0.05, 0) is 57.4 Å². The third kappa shape index (κ3) is 6.88. The lowest BCUT2D eigenvalue weighted by Crippen LogP contribution is -2.58. The number of likely N-dealkylation sites (N-methyl/N-ethyl adjacent to an activating group) is 1. The molecule has 1 aromatic heterocycles. The van der Waals surface area contributed by atoms with Gasteiger partial charge in [0.15, 0.2) is 0 Å². The minimum absolute atomic E-state index is 0.256. The monoisotopic (exact) mass is 553 g/mol. The van der Waals surface area contributed by atoms with E-state index < -0.39 is 47.5 Å². The second-order valence-electron chi connectivity index (χ2n) is 11.1. The van der Waals surface area contributed by atoms with Gasteiger partial charge < -0.3 is 20.1 Å². The molecule has 0 unspecified atom stereocenters. The predicted octanol–water partition coefficient (Wildman–Crippen LogP) is 3.38. The number of fused-ring (bicyclic) bond motifs is 1. The lowest BCUT2D eigenvalue weighted by molar-refractivity contribution is -0.131. The average Bonchev–Trinajstić information content (AvgIpc) is 3.29. The normalized spacial score (nSPS) is 16.0. The molecule has 0 spiro atoms. The molecule has 0 radical (unpaired) electrons. The summed E-state index contributed by atoms with van der Waals surface area (Å²) in [7, 11) is 2.97. The second-order valence-corrected chi connectivity index (χ2v) is 11.1. The Morgan fingerprint density at radius 2 is 1.75 bits per heavy atom. The van der Waals surface area contributed by atoms with Crippen LogP contribution in [0.1, 0.15) is 47.1 Å². The van der Waals surface area contributed by atoms with E-state index in [0.717, 1.165) is 5.56 Å². The fourth-order valence-corrected chi connectivity index (χ4v) is 4.29. The van der Waals surface area contributed by atoms with Crippen molar-refractivity contribution in [3.8, 4) is 5.75 Å². The van der Waals surface area contributed by atoms with Crippen molar-refractivity contribution in [2.24, 2.45) is 5.92 Å². The number of amides is 4. The predicted molar refractivity (Wildman–Crippen MR) is 151 cm³/mol. The highest BCUT2D eigenvalue weighted by Gasteiger charge is 2.43. The lowest BCUT2D eigenvalue weighted by atomic mass is 10.0. The third-order valence-electron chi connectivity index (χ3n) is 6.60. The zero-order valence-electron chi connectivity index (χ0n) is 24.3. The molecule has 2 N–H and O–H groups in total. The van der Waals surface area contributed by atoms with E-state index in [0.29, 0.717) is 17.3 Å². The molecule has 3 rings (SSSR count). The molecular weight excluding hydrogens is 514 g/mol. The van der Waals surface area contributed by atoms with Gasteiger partial charge in [0.25, 0.3) is 5.91 Å². The first-order chi connectivity index (χ1) is 18.7. The van der Waals surface area contributed by atoms with Gasteiger partial charge >= 0.3 is 6.09 Å². The SMILES string of the molecule is COc1ccccc1NC(=O)[C@H]1Cc2cccnc2N1C(=O)[C@@H](NC(=O)[C@H](C)N(C)C(=O)OC(C)(C)C)C(C)C. The molecule has 0 saturated carbocycles. The molecule has 216 valence electrons. The molecule has 11 heteroatoms. The fourth-order valence-electron chi connectivity index (χ4n) is 4.29. The van der Waals surface area contributed by atoms with Crippen molar-refractivity contribution >= 4 is 35.3 Å². The van der Waals surface area contributed by atoms with Gasteiger partial charge in [-0.15, -0.1) is 0 Å². The zero-order chi connectivity index (χ0) is 29.8. The van der Waals surface area contributed by atoms with Crippen molar-refractivity contribution in [3.05, 3.63) is 48.2 Å². The molecule has 0 aliphatic carbocycles. The molecule has 4 amide bonds. The number of nitrogens with one attached hydrogen (secondary N) is 2. The van der Waals surface area contributed by atoms with E-state index in [1.54, 1.807) is 78.1 Å². The highest BCUT2D eigenvalue weighted by Crippen LogP contribution is 2.33. The van der Waals surface area contributed by atoms with E-state index in [2.05, 4.69) is 15.6 Å². The summed E-state index contributed by atoms with van der Waals surface area (Å²) < 4.78 is 10.7. The van der Waals surface area contributed by atoms with Gasteiger partial charge in [-0.25, -0.2) is 9.78 Å². The number of aromatic nitrogens is 1. The number of para-hydroxylation sites is 2. The van der Waals surface area contributed by atoms with E-state index in [1.165, 1.54) is 24.0 Å². The third-order valence-corrected chi connectivity index (χ3v) is 6.60. The molecular formula is C29H39N5O6. The Morgan fingerprint density at radius 1 is 1.07 bits per heavy atom. The molecule has 2 aromatic rings. The number of ether oxygens (including phenoxy) is 2. The molecule has 1 aromatic carbocycles. The topological polar surface area (TPSA) is 130 Å². The van der Waals surface area contributed by atoms with Crippen LogP contribution in [0.2, 0.25) is 0 Å². The van der Waals surface area contributed by atoms with Gasteiger partial charge in [-0.1, -0.05) is 32.0 Å². The largest absolute Gasteiger partial charge is 0.495 e. The summed E-state index contributed by atoms with van der Waals surface area (Å²) in [5.41, 5.74) is 0.481. The number of methoxy groups -OCH3 is 1. The smallest absolute Gasteiger partial charge is 0.410 e. The average molecular weight is 554 g/mol. The van der Waals surface area contributed by atoms with Crippen LogP contribution in [0.3, 0.4) is 0 Å². The van der Waals surface area contributed by atoms with Crippen molar-refractivity contribution in [2.75, 3.05) is 24.4 Å². The maximum atomic E-state index is 14.1. The summed E-state index contributed by atoms with van der Waals surface area (Å²) in [5.74, 6) is -0.905. The van der Waals surface area contributed by atoms with E-state index >= 15 is 0 Å². The standard InChI is InChI=1S/C29H39N5O6/c1-17(2)23(32-25(35)18(3)33(7)28(38)40-29(4,5)6)27(37)34-21(16-19-12-11-15-30-24(19)34)26(36)31-20-13-9-10-14-22(20)39-8/h9-15,17-18,21,23H,16H2,1-8H3,(H,31,36)(H,32,35)/t18-,21+,23-/m0/s1. The van der Waals surface area contributed by atoms with E-state index in [-0.39, 0.29) is 12.3 Å². The van der Waals surface area contributed by atoms with Crippen LogP contribution in [0.4, 0.5) is 16.3 Å². The number of hydrogen-bond donors (Lipinski definition) is 2. The summed E-state index contributed by atoms with van der Waals surface area (Å²) in [6, 6.07) is 7.75. The second kappa shape index (κ2) is 12.4. The Bertz CT molecular complexity index is 1260. The van der Waals surface area contributed by atoms with Crippen molar-refractivity contribution < 1.29 is 28.7 Å². The number of benzene rings is 1. The number of rotatable bonds is 8. The highest BCUT2D eigenvalue weighted by atomic mass is 16.6. The van der Waals surface area contributed by atoms with Crippen LogP contribution in [0.25, 0.3) is 0 Å². The van der Waals surface area contributed by atoms with Gasteiger partial charge in [-0.2, -0.15) is 0 Å². The van der Waals surface area contributed by atoms with Crippen LogP contribution in [-0.4, -0.2) is 71.6 Å². The van der Waals surface area contributed by atoms with Crippen LogP contribution in [-0.2, 0) is 25.5 Å². The van der Waals surface area contributed by atoms with Crippen LogP contribution in [0.15, 0.2) is 42.6 Å². The summed E-state index contributed by atoms with van der Waals surface area (Å²) in [4.78, 5) is 60.2. The quantitative estimate of drug-likeness (QED) is 0.513. The van der Waals surface area contributed by atoms with E-state index in [4.69, 9.17) is 9.47 Å². The Balaban J connectivity index is 1.85. The number of carbonyl (C=O) groups is 4. The summed E-state index contributed by atoms with van der Waals surface area (Å²) in [5, 5.41) is 5.66. The number of carbonyl (C=O) groups excluding carboxylic acids is 4. The summed E-state index contributed by atoms with van der Waals surface area (Å²) in [6.45, 7) is 10.4. The number of hydrogen-bond acceptors (Lipinski definition) is 7. The molecule has 1 aliphatic heterocycles. The minimum Gasteiger partial charge on any atom is -0.495 e. The lowest BCUT2D eigenvalue weighted by Gasteiger charge is -2.32. The maximum Gasteiger partial charge on any atom is 0.410 e. The number of anilines is 2. The molecule has 11 nitrogen and oxygen atoms in total. The zero-order valence-corrected chi connectivity index (χ0v) is 24.3. The molecule has 1 aliphatic rings. The fraction of sp³-hybridized carbons (Fsp3) is 0.483. The van der Waals surface area contributed by atoms with Crippen LogP contribution >= 0.6 is 0 Å². The molecule has 0 bridgehead atoms. The summed E-state index contributed by atoms with van der Waals surface area (Å²) in [6.07, 6.45) is 1.15. The first kappa shape index (κ1) is 30.4. The van der Waals surface area contributed by atoms with Crippen molar-refractivity contribution in [1.29, 1.82) is 0 Å². The van der Waals surface area contributed by atoms with Crippen LogP contribution in [0, 0.1) is 5.92 Å². The van der Waals surface area contributed by atoms with Crippen molar-refractivity contribution in [2.45, 2.75) is 71.7 Å². The van der Waals surface area contributed by atoms with Crippen molar-refractivity contribution in [1.82, 2.24) is 15.2 Å². The Labute approximate surface area is 235 Å². The number of nitrogens with zero attached hydrogens (tertiary/aromatic N) is 3. The van der Waals surface area contributed by atoms with E-state index in [9.17, 15) is 19.2 Å². The molecule has 2 heterocycles. The van der Waals surface area contributed by atoms with E-state index in [1.807, 2.05) is 6.07 Å². The van der Waals surface area contributed by atoms with Gasteiger partial charge in [0.2, 0.25) is 11.8 Å². The summed E-state index contributed by atoms with van der Waals surface area (Å²) >= 11 is 0. The molecule has 40 heavy (non-hydrogen) atoms. The molecule has 0 fully saturated rings. The maximum absolute atomic E-state index is 14.1. The Kier molecular flexibility index (Phi) is 9.39. The first-order valence-corrected chi connectivity index (χ1v) is 13.2. The number of pyridine rings is 1. The molecule has 0 saturated heterocycles. The van der Waals surface area contributed by atoms with Crippen LogP contribution in [0.5, 0.6) is 5.75 Å². The highest BCUT2D eigenvalue weighted by molar-refractivity contribution is 6.09. The van der Waals surface area contributed by atoms with Gasteiger partial charge in [-0.3, -0.25) is 24.2 Å². The van der Waals surface area contributed by atoms with Gasteiger partial charge in [0, 0.05) is 19.7 Å². The Hall–Kier alpha value is -4.15. The van der Waals surface area contributed by atoms with Crippen LogP contribution < -0.4 is 20.3 Å². The molecule has 3 atom stereocenters. The Morgan fingerprint density at radius 3 is 2.38 bits per heavy atom. The first-order valence-electron chi connectivity index (χ1n) is 13.2. The van der Waals surface area contributed by atoms with Gasteiger partial charge in [0.05, 0.1) is 12.8 Å². The minimum atomic E-state index is -0.989. The van der Waals surface area contributed by atoms with Crippen molar-refractivity contribution in [3.63, 3.8) is 0 Å².